The van der Waals surface area contributed by atoms with Crippen LogP contribution in [0.4, 0.5) is 5.69 Å². The molecule has 0 aliphatic rings. The maximum atomic E-state index is 12.5. The molecule has 0 aromatic heterocycles. The first-order valence-corrected chi connectivity index (χ1v) is 9.01. The number of nitrogens with one attached hydrogen (secondary N) is 1. The van der Waals surface area contributed by atoms with Crippen molar-refractivity contribution < 1.29 is 17.9 Å². The molecule has 0 saturated carbocycles. The summed E-state index contributed by atoms with van der Waals surface area (Å²) < 4.78 is 37.9. The fourth-order valence-electron chi connectivity index (χ4n) is 1.89. The minimum atomic E-state index is -3.93. The molecule has 1 N–H and O–H groups in total. The molecule has 0 bridgehead atoms. The van der Waals surface area contributed by atoms with Crippen LogP contribution in [0.5, 0.6) is 11.5 Å². The number of hydrogen-bond donors (Lipinski definition) is 1. The molecule has 0 aliphatic heterocycles. The van der Waals surface area contributed by atoms with Crippen LogP contribution in [-0.2, 0) is 10.0 Å². The predicted octanol–water partition coefficient (Wildman–Crippen LogP) is 4.37. The molecule has 2 aromatic carbocycles. The molecule has 24 heavy (non-hydrogen) atoms. The van der Waals surface area contributed by atoms with Gasteiger partial charge in [-0.05, 0) is 24.3 Å². The predicted molar refractivity (Wildman–Crippen MR) is 96.0 cm³/mol. The Morgan fingerprint density at radius 3 is 2.62 bits per heavy atom. The molecule has 5 nitrogen and oxygen atoms in total. The first-order valence-electron chi connectivity index (χ1n) is 6.77. The third kappa shape index (κ3) is 4.14. The smallest absolute Gasteiger partial charge is 0.263 e. The zero-order chi connectivity index (χ0) is 17.7. The fraction of sp³-hybridized carbons (Fsp3) is 0.125. The second kappa shape index (κ2) is 7.79. The average molecular weight is 388 g/mol. The SMILES string of the molecule is C=CCOc1cccc(NS(=O)(=O)c2ccc(OC)c(Cl)c2Cl)c1. The van der Waals surface area contributed by atoms with Crippen LogP contribution in [0.3, 0.4) is 0 Å². The Balaban J connectivity index is 2.32. The lowest BCUT2D eigenvalue weighted by Crippen LogP contribution is -2.13. The van der Waals surface area contributed by atoms with Crippen molar-refractivity contribution in [2.75, 3.05) is 18.4 Å². The minimum absolute atomic E-state index is 0.0325. The normalized spacial score (nSPS) is 11.0. The van der Waals surface area contributed by atoms with E-state index in [9.17, 15) is 8.42 Å². The van der Waals surface area contributed by atoms with Crippen LogP contribution in [0.15, 0.2) is 53.9 Å². The van der Waals surface area contributed by atoms with Gasteiger partial charge in [0.05, 0.1) is 17.8 Å². The van der Waals surface area contributed by atoms with Gasteiger partial charge in [0.15, 0.2) is 0 Å². The van der Waals surface area contributed by atoms with E-state index >= 15 is 0 Å². The molecule has 2 rings (SSSR count). The van der Waals surface area contributed by atoms with Gasteiger partial charge in [-0.3, -0.25) is 4.72 Å². The first kappa shape index (κ1) is 18.4. The van der Waals surface area contributed by atoms with Crippen LogP contribution in [0.25, 0.3) is 0 Å². The van der Waals surface area contributed by atoms with E-state index in [0.717, 1.165) is 0 Å². The number of rotatable bonds is 7. The van der Waals surface area contributed by atoms with Gasteiger partial charge in [0, 0.05) is 6.07 Å². The van der Waals surface area contributed by atoms with E-state index in [1.54, 1.807) is 30.3 Å². The molecule has 0 radical (unpaired) electrons. The van der Waals surface area contributed by atoms with Gasteiger partial charge in [-0.25, -0.2) is 8.42 Å². The van der Waals surface area contributed by atoms with Crippen molar-refractivity contribution in [3.05, 3.63) is 59.1 Å². The molecule has 128 valence electrons. The minimum Gasteiger partial charge on any atom is -0.495 e. The average Bonchev–Trinajstić information content (AvgIpc) is 2.55. The van der Waals surface area contributed by atoms with Gasteiger partial charge in [-0.2, -0.15) is 0 Å². The number of hydrogen-bond acceptors (Lipinski definition) is 4. The van der Waals surface area contributed by atoms with Crippen molar-refractivity contribution in [2.24, 2.45) is 0 Å². The molecule has 0 aliphatic carbocycles. The van der Waals surface area contributed by atoms with Crippen molar-refractivity contribution in [2.45, 2.75) is 4.90 Å². The van der Waals surface area contributed by atoms with Gasteiger partial charge in [0.1, 0.15) is 28.0 Å². The van der Waals surface area contributed by atoms with E-state index in [-0.39, 0.29) is 14.9 Å². The van der Waals surface area contributed by atoms with Crippen LogP contribution in [0, 0.1) is 0 Å². The van der Waals surface area contributed by atoms with E-state index in [0.29, 0.717) is 23.8 Å². The highest BCUT2D eigenvalue weighted by atomic mass is 35.5. The maximum absolute atomic E-state index is 12.5. The van der Waals surface area contributed by atoms with E-state index in [1.807, 2.05) is 0 Å². The molecular weight excluding hydrogens is 373 g/mol. The number of benzene rings is 2. The lowest BCUT2D eigenvalue weighted by Gasteiger charge is -2.13. The lowest BCUT2D eigenvalue weighted by molar-refractivity contribution is 0.363. The monoisotopic (exact) mass is 387 g/mol. The Morgan fingerprint density at radius 1 is 1.21 bits per heavy atom. The summed E-state index contributed by atoms with van der Waals surface area (Å²) in [5.74, 6) is 0.800. The maximum Gasteiger partial charge on any atom is 0.263 e. The van der Waals surface area contributed by atoms with Gasteiger partial charge < -0.3 is 9.47 Å². The molecule has 0 unspecified atom stereocenters. The van der Waals surface area contributed by atoms with Gasteiger partial charge in [-0.15, -0.1) is 0 Å². The quantitative estimate of drug-likeness (QED) is 0.716. The summed E-state index contributed by atoms with van der Waals surface area (Å²) in [6, 6.07) is 9.29. The Morgan fingerprint density at radius 2 is 1.96 bits per heavy atom. The van der Waals surface area contributed by atoms with Crippen LogP contribution >= 0.6 is 23.2 Å². The highest BCUT2D eigenvalue weighted by Crippen LogP contribution is 2.37. The van der Waals surface area contributed by atoms with Crippen molar-refractivity contribution in [3.8, 4) is 11.5 Å². The van der Waals surface area contributed by atoms with Crippen molar-refractivity contribution in [1.29, 1.82) is 0 Å². The van der Waals surface area contributed by atoms with E-state index in [1.165, 1.54) is 19.2 Å². The molecule has 0 atom stereocenters. The Labute approximate surface area is 150 Å². The van der Waals surface area contributed by atoms with Crippen molar-refractivity contribution in [1.82, 2.24) is 0 Å². The fourth-order valence-corrected chi connectivity index (χ4v) is 3.79. The molecule has 0 fully saturated rings. The van der Waals surface area contributed by atoms with Gasteiger partial charge in [-0.1, -0.05) is 41.9 Å². The largest absolute Gasteiger partial charge is 0.495 e. The number of halogens is 2. The van der Waals surface area contributed by atoms with E-state index in [2.05, 4.69) is 11.3 Å². The van der Waals surface area contributed by atoms with Gasteiger partial charge in [0.2, 0.25) is 0 Å². The molecular formula is C16H15Cl2NO4S. The molecule has 0 amide bonds. The number of anilines is 1. The topological polar surface area (TPSA) is 64.6 Å². The van der Waals surface area contributed by atoms with Crippen LogP contribution < -0.4 is 14.2 Å². The van der Waals surface area contributed by atoms with Crippen LogP contribution in [-0.4, -0.2) is 22.1 Å². The van der Waals surface area contributed by atoms with Crippen molar-refractivity contribution in [3.63, 3.8) is 0 Å². The molecule has 0 spiro atoms. The Bertz CT molecular complexity index is 853. The summed E-state index contributed by atoms with van der Waals surface area (Å²) in [7, 11) is -2.51. The highest BCUT2D eigenvalue weighted by molar-refractivity contribution is 7.92. The van der Waals surface area contributed by atoms with Crippen molar-refractivity contribution >= 4 is 38.9 Å². The molecule has 0 saturated heterocycles. The Hall–Kier alpha value is -1.89. The van der Waals surface area contributed by atoms with E-state index in [4.69, 9.17) is 32.7 Å². The Kier molecular flexibility index (Phi) is 5.99. The zero-order valence-corrected chi connectivity index (χ0v) is 15.1. The van der Waals surface area contributed by atoms with Crippen LogP contribution in [0.1, 0.15) is 0 Å². The summed E-state index contributed by atoms with van der Waals surface area (Å²) in [5.41, 5.74) is 0.333. The van der Waals surface area contributed by atoms with Gasteiger partial charge >= 0.3 is 0 Å². The molecule has 2 aromatic rings. The third-order valence-corrected chi connectivity index (χ3v) is 5.38. The lowest BCUT2D eigenvalue weighted by atomic mass is 10.3. The summed E-state index contributed by atoms with van der Waals surface area (Å²) in [5, 5.41) is -0.0762. The van der Waals surface area contributed by atoms with Gasteiger partial charge in [0.25, 0.3) is 10.0 Å². The second-order valence-electron chi connectivity index (χ2n) is 4.63. The summed E-state index contributed by atoms with van der Waals surface area (Å²) in [4.78, 5) is -0.146. The summed E-state index contributed by atoms with van der Waals surface area (Å²) in [6.45, 7) is 3.87. The third-order valence-electron chi connectivity index (χ3n) is 2.97. The highest BCUT2D eigenvalue weighted by Gasteiger charge is 2.22. The number of ether oxygens (including phenoxy) is 2. The summed E-state index contributed by atoms with van der Waals surface area (Å²) >= 11 is 12.1. The summed E-state index contributed by atoms with van der Waals surface area (Å²) in [6.07, 6.45) is 1.59. The first-order chi connectivity index (χ1) is 11.4. The number of sulfonamides is 1. The van der Waals surface area contributed by atoms with Crippen LogP contribution in [0.2, 0.25) is 10.0 Å². The zero-order valence-electron chi connectivity index (χ0n) is 12.8. The second-order valence-corrected chi connectivity index (χ2v) is 7.03. The number of methoxy groups -OCH3 is 1. The van der Waals surface area contributed by atoms with E-state index < -0.39 is 10.0 Å². The molecule has 8 heteroatoms. The standard InChI is InChI=1S/C16H15Cl2NO4S/c1-3-9-23-12-6-4-5-11(10-12)19-24(20,21)14-8-7-13(22-2)15(17)16(14)18/h3-8,10,19H,1,9H2,2H3. The molecule has 0 heterocycles.